The predicted molar refractivity (Wildman–Crippen MR) is 108 cm³/mol. The number of hydrogen-bond donors (Lipinski definition) is 0. The van der Waals surface area contributed by atoms with Crippen LogP contribution in [0, 0.1) is 0 Å². The van der Waals surface area contributed by atoms with Crippen LogP contribution in [0.1, 0.15) is 15.9 Å². The standard InChI is InChI=1S/C20H23ClN2O2.ClH/c21-19-6-7-20(18(14-19)16-24)25-13-12-22-8-10-23(11-9-22)15-17-4-2-1-3-5-17;/h1-7,14,16H,8-13,15H2;1H. The van der Waals surface area contributed by atoms with Crippen LogP contribution in [0.2, 0.25) is 5.02 Å². The quantitative estimate of drug-likeness (QED) is 0.669. The molecule has 140 valence electrons. The Hall–Kier alpha value is -1.59. The molecule has 0 saturated carbocycles. The molecule has 1 aliphatic heterocycles. The van der Waals surface area contributed by atoms with Gasteiger partial charge in [0.25, 0.3) is 0 Å². The number of piperazine rings is 1. The monoisotopic (exact) mass is 394 g/mol. The Balaban J connectivity index is 0.00000243. The van der Waals surface area contributed by atoms with Gasteiger partial charge in [0.1, 0.15) is 12.4 Å². The maximum atomic E-state index is 11.1. The van der Waals surface area contributed by atoms with E-state index in [4.69, 9.17) is 16.3 Å². The maximum absolute atomic E-state index is 11.1. The van der Waals surface area contributed by atoms with Gasteiger partial charge < -0.3 is 4.74 Å². The fourth-order valence-electron chi connectivity index (χ4n) is 3.04. The molecule has 1 aliphatic rings. The first kappa shape index (κ1) is 20.7. The van der Waals surface area contributed by atoms with Crippen LogP contribution in [0.25, 0.3) is 0 Å². The van der Waals surface area contributed by atoms with Gasteiger partial charge in [0.2, 0.25) is 0 Å². The minimum absolute atomic E-state index is 0. The molecule has 0 aliphatic carbocycles. The highest BCUT2D eigenvalue weighted by Gasteiger charge is 2.16. The number of ether oxygens (including phenoxy) is 1. The van der Waals surface area contributed by atoms with E-state index in [0.717, 1.165) is 45.6 Å². The van der Waals surface area contributed by atoms with E-state index in [2.05, 4.69) is 40.1 Å². The van der Waals surface area contributed by atoms with Crippen LogP contribution in [0.4, 0.5) is 0 Å². The van der Waals surface area contributed by atoms with E-state index < -0.39 is 0 Å². The molecule has 1 heterocycles. The van der Waals surface area contributed by atoms with Gasteiger partial charge in [0.05, 0.1) is 5.56 Å². The summed E-state index contributed by atoms with van der Waals surface area (Å²) in [5, 5.41) is 0.545. The number of nitrogens with zero attached hydrogens (tertiary/aromatic N) is 2. The van der Waals surface area contributed by atoms with E-state index in [1.54, 1.807) is 18.2 Å². The lowest BCUT2D eigenvalue weighted by Gasteiger charge is -2.34. The minimum atomic E-state index is 0. The van der Waals surface area contributed by atoms with E-state index in [-0.39, 0.29) is 12.4 Å². The Bertz CT molecular complexity index is 689. The van der Waals surface area contributed by atoms with E-state index in [1.807, 2.05) is 0 Å². The Labute approximate surface area is 166 Å². The van der Waals surface area contributed by atoms with Crippen LogP contribution in [-0.4, -0.2) is 55.4 Å². The molecule has 0 atom stereocenters. The van der Waals surface area contributed by atoms with Gasteiger partial charge in [0.15, 0.2) is 6.29 Å². The Morgan fingerprint density at radius 3 is 2.38 bits per heavy atom. The van der Waals surface area contributed by atoms with Gasteiger partial charge in [0, 0.05) is 44.3 Å². The average Bonchev–Trinajstić information content (AvgIpc) is 2.65. The lowest BCUT2D eigenvalue weighted by molar-refractivity contribution is 0.109. The zero-order valence-electron chi connectivity index (χ0n) is 14.6. The summed E-state index contributed by atoms with van der Waals surface area (Å²) >= 11 is 5.90. The van der Waals surface area contributed by atoms with E-state index >= 15 is 0 Å². The molecule has 26 heavy (non-hydrogen) atoms. The highest BCUT2D eigenvalue weighted by molar-refractivity contribution is 6.30. The van der Waals surface area contributed by atoms with Crippen molar-refractivity contribution in [3.05, 3.63) is 64.7 Å². The van der Waals surface area contributed by atoms with Gasteiger partial charge >= 0.3 is 0 Å². The third-order valence-electron chi connectivity index (χ3n) is 4.48. The molecule has 1 fully saturated rings. The minimum Gasteiger partial charge on any atom is -0.492 e. The SMILES string of the molecule is Cl.O=Cc1cc(Cl)ccc1OCCN1CCN(Cc2ccccc2)CC1. The second-order valence-corrected chi connectivity index (χ2v) is 6.69. The highest BCUT2D eigenvalue weighted by Crippen LogP contribution is 2.21. The van der Waals surface area contributed by atoms with Gasteiger partial charge in [-0.3, -0.25) is 14.6 Å². The van der Waals surface area contributed by atoms with Crippen molar-refractivity contribution in [3.8, 4) is 5.75 Å². The molecular weight excluding hydrogens is 371 g/mol. The van der Waals surface area contributed by atoms with E-state index in [1.165, 1.54) is 5.56 Å². The largest absolute Gasteiger partial charge is 0.492 e. The number of aldehydes is 1. The number of benzene rings is 2. The molecule has 0 N–H and O–H groups in total. The van der Waals surface area contributed by atoms with Crippen molar-refractivity contribution in [3.63, 3.8) is 0 Å². The predicted octanol–water partition coefficient (Wildman–Crippen LogP) is 3.77. The molecule has 6 heteroatoms. The summed E-state index contributed by atoms with van der Waals surface area (Å²) in [6.07, 6.45) is 0.781. The van der Waals surface area contributed by atoms with Crippen molar-refractivity contribution < 1.29 is 9.53 Å². The number of rotatable bonds is 7. The fourth-order valence-corrected chi connectivity index (χ4v) is 3.22. The van der Waals surface area contributed by atoms with Crippen molar-refractivity contribution in [2.24, 2.45) is 0 Å². The van der Waals surface area contributed by atoms with Crippen molar-refractivity contribution in [2.75, 3.05) is 39.3 Å². The second kappa shape index (κ2) is 10.5. The normalized spacial score (nSPS) is 15.3. The summed E-state index contributed by atoms with van der Waals surface area (Å²) in [5.74, 6) is 0.599. The van der Waals surface area contributed by atoms with Crippen LogP contribution < -0.4 is 4.74 Å². The first-order valence-corrected chi connectivity index (χ1v) is 8.98. The first-order chi connectivity index (χ1) is 12.2. The molecular formula is C20H24Cl2N2O2. The fraction of sp³-hybridized carbons (Fsp3) is 0.350. The average molecular weight is 395 g/mol. The molecule has 2 aromatic rings. The lowest BCUT2D eigenvalue weighted by atomic mass is 10.2. The molecule has 0 spiro atoms. The molecule has 0 unspecified atom stereocenters. The maximum Gasteiger partial charge on any atom is 0.153 e. The molecule has 0 aromatic heterocycles. The number of carbonyl (C=O) groups excluding carboxylic acids is 1. The second-order valence-electron chi connectivity index (χ2n) is 6.25. The lowest BCUT2D eigenvalue weighted by Crippen LogP contribution is -2.47. The number of hydrogen-bond acceptors (Lipinski definition) is 4. The molecule has 0 radical (unpaired) electrons. The van der Waals surface area contributed by atoms with Crippen LogP contribution in [-0.2, 0) is 6.54 Å². The molecule has 2 aromatic carbocycles. The van der Waals surface area contributed by atoms with Gasteiger partial charge in [-0.15, -0.1) is 12.4 Å². The zero-order valence-corrected chi connectivity index (χ0v) is 16.2. The summed E-state index contributed by atoms with van der Waals surface area (Å²) in [4.78, 5) is 16.0. The van der Waals surface area contributed by atoms with E-state index in [9.17, 15) is 4.79 Å². The Morgan fingerprint density at radius 2 is 1.69 bits per heavy atom. The third-order valence-corrected chi connectivity index (χ3v) is 4.71. The van der Waals surface area contributed by atoms with Crippen LogP contribution in [0.15, 0.2) is 48.5 Å². The summed E-state index contributed by atoms with van der Waals surface area (Å²) in [7, 11) is 0. The smallest absolute Gasteiger partial charge is 0.153 e. The highest BCUT2D eigenvalue weighted by atomic mass is 35.5. The van der Waals surface area contributed by atoms with Crippen molar-refractivity contribution in [2.45, 2.75) is 6.54 Å². The van der Waals surface area contributed by atoms with Gasteiger partial charge in [-0.25, -0.2) is 0 Å². The third kappa shape index (κ3) is 5.99. The summed E-state index contributed by atoms with van der Waals surface area (Å²) in [6.45, 7) is 6.65. The Morgan fingerprint density at radius 1 is 1.00 bits per heavy atom. The first-order valence-electron chi connectivity index (χ1n) is 8.61. The molecule has 3 rings (SSSR count). The molecule has 1 saturated heterocycles. The number of halogens is 2. The van der Waals surface area contributed by atoms with Crippen molar-refractivity contribution in [1.29, 1.82) is 0 Å². The van der Waals surface area contributed by atoms with Crippen LogP contribution >= 0.6 is 24.0 Å². The molecule has 4 nitrogen and oxygen atoms in total. The summed E-state index contributed by atoms with van der Waals surface area (Å²) < 4.78 is 5.76. The molecule has 0 amide bonds. The van der Waals surface area contributed by atoms with E-state index in [0.29, 0.717) is 22.9 Å². The van der Waals surface area contributed by atoms with Crippen LogP contribution in [0.3, 0.4) is 0 Å². The van der Waals surface area contributed by atoms with Crippen molar-refractivity contribution >= 4 is 30.3 Å². The van der Waals surface area contributed by atoms with Gasteiger partial charge in [-0.2, -0.15) is 0 Å². The van der Waals surface area contributed by atoms with Crippen molar-refractivity contribution in [1.82, 2.24) is 9.80 Å². The van der Waals surface area contributed by atoms with Gasteiger partial charge in [-0.05, 0) is 23.8 Å². The molecule has 0 bridgehead atoms. The van der Waals surface area contributed by atoms with Crippen LogP contribution in [0.5, 0.6) is 5.75 Å². The number of carbonyl (C=O) groups is 1. The summed E-state index contributed by atoms with van der Waals surface area (Å²) in [5.41, 5.74) is 1.86. The topological polar surface area (TPSA) is 32.8 Å². The summed E-state index contributed by atoms with van der Waals surface area (Å²) in [6, 6.07) is 15.7. The van der Waals surface area contributed by atoms with Gasteiger partial charge in [-0.1, -0.05) is 41.9 Å². The Kier molecular flexibility index (Phi) is 8.39. The zero-order chi connectivity index (χ0) is 17.5.